The molecule has 0 saturated heterocycles. The monoisotopic (exact) mass is 375 g/mol. The molecule has 3 aromatic carbocycles. The summed E-state index contributed by atoms with van der Waals surface area (Å²) in [5, 5.41) is 2.72. The minimum Gasteiger partial charge on any atom is -0.488 e. The van der Waals surface area contributed by atoms with E-state index in [9.17, 15) is 9.59 Å². The number of amides is 1. The van der Waals surface area contributed by atoms with Crippen molar-refractivity contribution in [2.45, 2.75) is 13.2 Å². The molecule has 0 aromatic heterocycles. The number of benzene rings is 3. The van der Waals surface area contributed by atoms with Gasteiger partial charge < -0.3 is 14.8 Å². The zero-order chi connectivity index (χ0) is 19.6. The van der Waals surface area contributed by atoms with Gasteiger partial charge in [-0.05, 0) is 23.3 Å². The Kier molecular flexibility index (Phi) is 6.79. The smallest absolute Gasteiger partial charge is 0.342 e. The zero-order valence-electron chi connectivity index (χ0n) is 15.3. The van der Waals surface area contributed by atoms with E-state index >= 15 is 0 Å². The molecule has 3 rings (SSSR count). The average molecular weight is 375 g/mol. The highest BCUT2D eigenvalue weighted by Crippen LogP contribution is 2.20. The van der Waals surface area contributed by atoms with E-state index < -0.39 is 5.97 Å². The largest absolute Gasteiger partial charge is 0.488 e. The van der Waals surface area contributed by atoms with Crippen LogP contribution in [0.1, 0.15) is 21.5 Å². The van der Waals surface area contributed by atoms with E-state index in [-0.39, 0.29) is 18.1 Å². The first-order valence-electron chi connectivity index (χ1n) is 8.96. The van der Waals surface area contributed by atoms with Crippen molar-refractivity contribution in [3.05, 3.63) is 102 Å². The third-order valence-corrected chi connectivity index (χ3v) is 4.01. The Morgan fingerprint density at radius 2 is 1.36 bits per heavy atom. The Hall–Kier alpha value is -3.60. The molecule has 3 aromatic rings. The van der Waals surface area contributed by atoms with Gasteiger partial charge >= 0.3 is 5.97 Å². The molecule has 0 unspecified atom stereocenters. The van der Waals surface area contributed by atoms with Crippen molar-refractivity contribution in [1.29, 1.82) is 0 Å². The summed E-state index contributed by atoms with van der Waals surface area (Å²) >= 11 is 0. The van der Waals surface area contributed by atoms with Gasteiger partial charge in [0, 0.05) is 6.54 Å². The van der Waals surface area contributed by atoms with Gasteiger partial charge in [-0.15, -0.1) is 0 Å². The lowest BCUT2D eigenvalue weighted by Gasteiger charge is -2.11. The Balaban J connectivity index is 1.51. The van der Waals surface area contributed by atoms with Gasteiger partial charge in [0.05, 0.1) is 0 Å². The van der Waals surface area contributed by atoms with Crippen LogP contribution in [0.4, 0.5) is 0 Å². The molecular formula is C23H21NO4. The first kappa shape index (κ1) is 19.2. The molecule has 28 heavy (non-hydrogen) atoms. The van der Waals surface area contributed by atoms with Crippen molar-refractivity contribution in [3.8, 4) is 5.75 Å². The summed E-state index contributed by atoms with van der Waals surface area (Å²) in [6.07, 6.45) is 0. The summed E-state index contributed by atoms with van der Waals surface area (Å²) < 4.78 is 10.9. The van der Waals surface area contributed by atoms with Crippen molar-refractivity contribution < 1.29 is 19.1 Å². The van der Waals surface area contributed by atoms with Crippen molar-refractivity contribution in [3.63, 3.8) is 0 Å². The lowest BCUT2D eigenvalue weighted by atomic mass is 10.2. The van der Waals surface area contributed by atoms with Crippen molar-refractivity contribution in [2.75, 3.05) is 6.61 Å². The number of carbonyl (C=O) groups is 2. The molecule has 0 bridgehead atoms. The van der Waals surface area contributed by atoms with E-state index in [4.69, 9.17) is 9.47 Å². The predicted octanol–water partition coefficient (Wildman–Crippen LogP) is 3.74. The summed E-state index contributed by atoms with van der Waals surface area (Å²) in [4.78, 5) is 24.3. The predicted molar refractivity (Wildman–Crippen MR) is 106 cm³/mol. The van der Waals surface area contributed by atoms with Crippen LogP contribution in [0.25, 0.3) is 0 Å². The van der Waals surface area contributed by atoms with Crippen LogP contribution in [0.15, 0.2) is 84.9 Å². The second kappa shape index (κ2) is 9.92. The number of nitrogens with one attached hydrogen (secondary N) is 1. The van der Waals surface area contributed by atoms with Gasteiger partial charge in [0.2, 0.25) is 0 Å². The molecule has 142 valence electrons. The standard InChI is InChI=1S/C23H21NO4/c25-22(24-15-18-9-3-1-4-10-18)17-28-23(26)20-13-7-8-14-21(20)27-16-19-11-5-2-6-12-19/h1-14H,15-17H2,(H,24,25). The fourth-order valence-electron chi connectivity index (χ4n) is 2.55. The minimum atomic E-state index is -0.599. The van der Waals surface area contributed by atoms with Gasteiger partial charge in [-0.2, -0.15) is 0 Å². The molecule has 0 aliphatic rings. The molecule has 5 nitrogen and oxygen atoms in total. The number of rotatable bonds is 8. The van der Waals surface area contributed by atoms with Crippen molar-refractivity contribution in [2.24, 2.45) is 0 Å². The molecule has 0 atom stereocenters. The Labute approximate surface area is 163 Å². The van der Waals surface area contributed by atoms with E-state index in [1.165, 1.54) is 0 Å². The first-order valence-corrected chi connectivity index (χ1v) is 8.96. The van der Waals surface area contributed by atoms with Gasteiger partial charge in [-0.1, -0.05) is 72.8 Å². The van der Waals surface area contributed by atoms with Gasteiger partial charge in [0.15, 0.2) is 6.61 Å². The van der Waals surface area contributed by atoms with Crippen LogP contribution < -0.4 is 10.1 Å². The number of hydrogen-bond acceptors (Lipinski definition) is 4. The molecule has 0 aliphatic heterocycles. The summed E-state index contributed by atoms with van der Waals surface area (Å²) in [5.74, 6) is -0.542. The third-order valence-electron chi connectivity index (χ3n) is 4.01. The van der Waals surface area contributed by atoms with E-state index in [1.54, 1.807) is 24.3 Å². The minimum absolute atomic E-state index is 0.286. The molecule has 0 aliphatic carbocycles. The lowest BCUT2D eigenvalue weighted by Crippen LogP contribution is -2.28. The fraction of sp³-hybridized carbons (Fsp3) is 0.130. The summed E-state index contributed by atoms with van der Waals surface area (Å²) in [6, 6.07) is 26.0. The maximum atomic E-state index is 12.4. The van der Waals surface area contributed by atoms with Gasteiger partial charge in [-0.25, -0.2) is 4.79 Å². The molecule has 0 heterocycles. The topological polar surface area (TPSA) is 64.6 Å². The number of para-hydroxylation sites is 1. The number of esters is 1. The van der Waals surface area contributed by atoms with Gasteiger partial charge in [0.25, 0.3) is 5.91 Å². The van der Waals surface area contributed by atoms with Crippen LogP contribution in [0.5, 0.6) is 5.75 Å². The van der Waals surface area contributed by atoms with Crippen LogP contribution >= 0.6 is 0 Å². The van der Waals surface area contributed by atoms with E-state index in [1.807, 2.05) is 60.7 Å². The second-order valence-electron chi connectivity index (χ2n) is 6.11. The highest BCUT2D eigenvalue weighted by Gasteiger charge is 2.15. The average Bonchev–Trinajstić information content (AvgIpc) is 2.76. The highest BCUT2D eigenvalue weighted by molar-refractivity contribution is 5.93. The third kappa shape index (κ3) is 5.71. The molecular weight excluding hydrogens is 354 g/mol. The summed E-state index contributed by atoms with van der Waals surface area (Å²) in [7, 11) is 0. The SMILES string of the molecule is O=C(COC(=O)c1ccccc1OCc1ccccc1)NCc1ccccc1. The summed E-state index contributed by atoms with van der Waals surface area (Å²) in [5.41, 5.74) is 2.25. The van der Waals surface area contributed by atoms with E-state index in [0.29, 0.717) is 18.9 Å². The van der Waals surface area contributed by atoms with Crippen LogP contribution in [-0.4, -0.2) is 18.5 Å². The first-order chi connectivity index (χ1) is 13.7. The van der Waals surface area contributed by atoms with Gasteiger partial charge in [-0.3, -0.25) is 4.79 Å². The van der Waals surface area contributed by atoms with Crippen LogP contribution in [-0.2, 0) is 22.7 Å². The molecule has 0 saturated carbocycles. The molecule has 0 spiro atoms. The molecule has 0 radical (unpaired) electrons. The Bertz CT molecular complexity index is 910. The van der Waals surface area contributed by atoms with Crippen molar-refractivity contribution >= 4 is 11.9 Å². The van der Waals surface area contributed by atoms with Crippen LogP contribution in [0.2, 0.25) is 0 Å². The van der Waals surface area contributed by atoms with Crippen molar-refractivity contribution in [1.82, 2.24) is 5.32 Å². The normalized spacial score (nSPS) is 10.1. The van der Waals surface area contributed by atoms with Gasteiger partial charge in [0.1, 0.15) is 17.9 Å². The van der Waals surface area contributed by atoms with E-state index in [2.05, 4.69) is 5.32 Å². The second-order valence-corrected chi connectivity index (χ2v) is 6.11. The van der Waals surface area contributed by atoms with Crippen LogP contribution in [0, 0.1) is 0 Å². The fourth-order valence-corrected chi connectivity index (χ4v) is 2.55. The molecule has 1 N–H and O–H groups in total. The summed E-state index contributed by atoms with van der Waals surface area (Å²) in [6.45, 7) is 0.370. The number of ether oxygens (including phenoxy) is 2. The molecule has 1 amide bonds. The maximum Gasteiger partial charge on any atom is 0.342 e. The quantitative estimate of drug-likeness (QED) is 0.609. The lowest BCUT2D eigenvalue weighted by molar-refractivity contribution is -0.124. The Morgan fingerprint density at radius 3 is 2.07 bits per heavy atom. The van der Waals surface area contributed by atoms with Crippen LogP contribution in [0.3, 0.4) is 0 Å². The number of hydrogen-bond donors (Lipinski definition) is 1. The van der Waals surface area contributed by atoms with E-state index in [0.717, 1.165) is 11.1 Å². The maximum absolute atomic E-state index is 12.4. The molecule has 0 fully saturated rings. The molecule has 5 heteroatoms. The Morgan fingerprint density at radius 1 is 0.750 bits per heavy atom. The number of carbonyl (C=O) groups excluding carboxylic acids is 2. The zero-order valence-corrected chi connectivity index (χ0v) is 15.3. The highest BCUT2D eigenvalue weighted by atomic mass is 16.5.